The molecular formula is C8H11NO2S. The Hall–Kier alpha value is -0.870. The molecule has 0 spiro atoms. The summed E-state index contributed by atoms with van der Waals surface area (Å²) in [4.78, 5) is 10.4. The molecule has 0 aliphatic rings. The quantitative estimate of drug-likeness (QED) is 0.742. The maximum atomic E-state index is 10.4. The molecule has 1 rings (SSSR count). The van der Waals surface area contributed by atoms with E-state index in [-0.39, 0.29) is 12.3 Å². The number of rotatable bonds is 4. The highest BCUT2D eigenvalue weighted by Gasteiger charge is 2.13. The standard InChI is InChI=1S/C8H11NO2S/c9-4-7(3-8(10)11)6-1-2-12-5-6/h1-2,5,7H,3-4,9H2,(H,10,11)/t7-/m1/s1. The normalized spacial score (nSPS) is 12.8. The highest BCUT2D eigenvalue weighted by molar-refractivity contribution is 7.07. The third kappa shape index (κ3) is 2.32. The van der Waals surface area contributed by atoms with Crippen molar-refractivity contribution in [2.24, 2.45) is 5.73 Å². The molecule has 4 heteroatoms. The lowest BCUT2D eigenvalue weighted by Gasteiger charge is -2.09. The predicted molar refractivity (Wildman–Crippen MR) is 48.4 cm³/mol. The second-order valence-corrected chi connectivity index (χ2v) is 3.37. The Morgan fingerprint density at radius 1 is 1.75 bits per heavy atom. The van der Waals surface area contributed by atoms with Crippen LogP contribution in [0.1, 0.15) is 17.9 Å². The minimum Gasteiger partial charge on any atom is -0.481 e. The van der Waals surface area contributed by atoms with Crippen LogP contribution in [0.2, 0.25) is 0 Å². The lowest BCUT2D eigenvalue weighted by Crippen LogP contribution is -2.15. The van der Waals surface area contributed by atoms with Crippen LogP contribution < -0.4 is 5.73 Å². The molecule has 1 aromatic heterocycles. The van der Waals surface area contributed by atoms with Crippen LogP contribution in [0.15, 0.2) is 16.8 Å². The van der Waals surface area contributed by atoms with Crippen molar-refractivity contribution in [3.8, 4) is 0 Å². The van der Waals surface area contributed by atoms with Crippen LogP contribution >= 0.6 is 11.3 Å². The number of nitrogens with two attached hydrogens (primary N) is 1. The fourth-order valence-corrected chi connectivity index (χ4v) is 1.80. The molecule has 0 bridgehead atoms. The average molecular weight is 185 g/mol. The molecule has 0 aliphatic heterocycles. The molecule has 0 unspecified atom stereocenters. The topological polar surface area (TPSA) is 63.3 Å². The Bertz CT molecular complexity index is 246. The Kier molecular flexibility index (Phi) is 3.25. The van der Waals surface area contributed by atoms with Gasteiger partial charge in [0.05, 0.1) is 6.42 Å². The second-order valence-electron chi connectivity index (χ2n) is 2.59. The van der Waals surface area contributed by atoms with Crippen molar-refractivity contribution in [1.29, 1.82) is 0 Å². The van der Waals surface area contributed by atoms with Crippen LogP contribution in [0, 0.1) is 0 Å². The summed E-state index contributed by atoms with van der Waals surface area (Å²) in [5, 5.41) is 12.4. The van der Waals surface area contributed by atoms with Gasteiger partial charge < -0.3 is 10.8 Å². The number of carbonyl (C=O) groups is 1. The predicted octanol–water partition coefficient (Wildman–Crippen LogP) is 1.27. The summed E-state index contributed by atoms with van der Waals surface area (Å²) in [7, 11) is 0. The summed E-state index contributed by atoms with van der Waals surface area (Å²) in [6, 6.07) is 1.92. The fourth-order valence-electron chi connectivity index (χ4n) is 1.06. The third-order valence-electron chi connectivity index (χ3n) is 1.72. The zero-order valence-electron chi connectivity index (χ0n) is 6.56. The summed E-state index contributed by atoms with van der Waals surface area (Å²) in [6.45, 7) is 0.392. The molecule has 0 saturated carbocycles. The molecule has 3 nitrogen and oxygen atoms in total. The lowest BCUT2D eigenvalue weighted by molar-refractivity contribution is -0.137. The number of aliphatic carboxylic acids is 1. The van der Waals surface area contributed by atoms with Crippen LogP contribution in [0.25, 0.3) is 0 Å². The van der Waals surface area contributed by atoms with Crippen molar-refractivity contribution in [2.75, 3.05) is 6.54 Å². The number of hydrogen-bond acceptors (Lipinski definition) is 3. The molecule has 0 aromatic carbocycles. The van der Waals surface area contributed by atoms with E-state index < -0.39 is 5.97 Å². The van der Waals surface area contributed by atoms with Gasteiger partial charge >= 0.3 is 5.97 Å². The largest absolute Gasteiger partial charge is 0.481 e. The number of hydrogen-bond donors (Lipinski definition) is 2. The highest BCUT2D eigenvalue weighted by Crippen LogP contribution is 2.20. The van der Waals surface area contributed by atoms with Gasteiger partial charge in [0, 0.05) is 5.92 Å². The molecule has 1 atom stereocenters. The molecule has 0 amide bonds. The zero-order chi connectivity index (χ0) is 8.97. The van der Waals surface area contributed by atoms with E-state index in [1.165, 1.54) is 0 Å². The van der Waals surface area contributed by atoms with Crippen LogP contribution in [0.4, 0.5) is 0 Å². The Balaban J connectivity index is 2.63. The van der Waals surface area contributed by atoms with Crippen LogP contribution in [-0.2, 0) is 4.79 Å². The van der Waals surface area contributed by atoms with Crippen molar-refractivity contribution in [1.82, 2.24) is 0 Å². The van der Waals surface area contributed by atoms with E-state index in [4.69, 9.17) is 10.8 Å². The zero-order valence-corrected chi connectivity index (χ0v) is 7.38. The van der Waals surface area contributed by atoms with E-state index >= 15 is 0 Å². The van der Waals surface area contributed by atoms with Crippen LogP contribution in [0.5, 0.6) is 0 Å². The molecule has 0 radical (unpaired) electrons. The maximum absolute atomic E-state index is 10.4. The Morgan fingerprint density at radius 2 is 2.50 bits per heavy atom. The summed E-state index contributed by atoms with van der Waals surface area (Å²) < 4.78 is 0. The average Bonchev–Trinajstić information content (AvgIpc) is 2.51. The molecule has 66 valence electrons. The van der Waals surface area contributed by atoms with Gasteiger partial charge in [0.1, 0.15) is 0 Å². The summed E-state index contributed by atoms with van der Waals surface area (Å²) in [5.41, 5.74) is 6.49. The van der Waals surface area contributed by atoms with Gasteiger partial charge in [0.15, 0.2) is 0 Å². The van der Waals surface area contributed by atoms with Gasteiger partial charge in [-0.2, -0.15) is 11.3 Å². The van der Waals surface area contributed by atoms with E-state index in [1.807, 2.05) is 16.8 Å². The fraction of sp³-hybridized carbons (Fsp3) is 0.375. The van der Waals surface area contributed by atoms with Crippen LogP contribution in [0.3, 0.4) is 0 Å². The van der Waals surface area contributed by atoms with Gasteiger partial charge in [-0.05, 0) is 28.9 Å². The third-order valence-corrected chi connectivity index (χ3v) is 2.42. The van der Waals surface area contributed by atoms with Crippen LogP contribution in [-0.4, -0.2) is 17.6 Å². The molecule has 0 aliphatic carbocycles. The van der Waals surface area contributed by atoms with Gasteiger partial charge in [0.2, 0.25) is 0 Å². The smallest absolute Gasteiger partial charge is 0.304 e. The summed E-state index contributed by atoms with van der Waals surface area (Å²) in [5.74, 6) is -0.828. The monoisotopic (exact) mass is 185 g/mol. The molecule has 1 heterocycles. The van der Waals surface area contributed by atoms with Gasteiger partial charge in [-0.25, -0.2) is 0 Å². The van der Waals surface area contributed by atoms with Crippen molar-refractivity contribution < 1.29 is 9.90 Å². The molecule has 0 saturated heterocycles. The molecule has 3 N–H and O–H groups in total. The highest BCUT2D eigenvalue weighted by atomic mass is 32.1. The second kappa shape index (κ2) is 4.23. The van der Waals surface area contributed by atoms with E-state index in [1.54, 1.807) is 11.3 Å². The first kappa shape index (κ1) is 9.22. The first-order valence-corrected chi connectivity index (χ1v) is 4.62. The first-order chi connectivity index (χ1) is 5.74. The summed E-state index contributed by atoms with van der Waals surface area (Å²) in [6.07, 6.45) is 0.118. The van der Waals surface area contributed by atoms with Crippen molar-refractivity contribution in [3.05, 3.63) is 22.4 Å². The van der Waals surface area contributed by atoms with E-state index in [2.05, 4.69) is 0 Å². The SMILES string of the molecule is NC[C@@H](CC(=O)O)c1ccsc1. The first-order valence-electron chi connectivity index (χ1n) is 3.68. The molecular weight excluding hydrogens is 174 g/mol. The van der Waals surface area contributed by atoms with E-state index in [0.29, 0.717) is 6.54 Å². The van der Waals surface area contributed by atoms with Gasteiger partial charge in [-0.1, -0.05) is 0 Å². The van der Waals surface area contributed by atoms with E-state index in [9.17, 15) is 4.79 Å². The van der Waals surface area contributed by atoms with Gasteiger partial charge in [-0.3, -0.25) is 4.79 Å². The van der Waals surface area contributed by atoms with Crippen molar-refractivity contribution in [3.63, 3.8) is 0 Å². The molecule has 12 heavy (non-hydrogen) atoms. The summed E-state index contributed by atoms with van der Waals surface area (Å²) >= 11 is 1.56. The number of carboxylic acids is 1. The van der Waals surface area contributed by atoms with Gasteiger partial charge in [0.25, 0.3) is 0 Å². The molecule has 0 fully saturated rings. The Morgan fingerprint density at radius 3 is 2.92 bits per heavy atom. The maximum Gasteiger partial charge on any atom is 0.304 e. The lowest BCUT2D eigenvalue weighted by atomic mass is 9.99. The molecule has 1 aromatic rings. The Labute approximate surface area is 74.8 Å². The van der Waals surface area contributed by atoms with Crippen molar-refractivity contribution >= 4 is 17.3 Å². The minimum atomic E-state index is -0.795. The number of thiophene rings is 1. The van der Waals surface area contributed by atoms with E-state index in [0.717, 1.165) is 5.56 Å². The van der Waals surface area contributed by atoms with Gasteiger partial charge in [-0.15, -0.1) is 0 Å². The minimum absolute atomic E-state index is 0.0336. The number of carboxylic acid groups (broad SMARTS) is 1. The van der Waals surface area contributed by atoms with Crippen molar-refractivity contribution in [2.45, 2.75) is 12.3 Å².